The van der Waals surface area contributed by atoms with Gasteiger partial charge in [-0.3, -0.25) is 9.69 Å². The number of benzene rings is 2. The third-order valence-corrected chi connectivity index (χ3v) is 4.64. The van der Waals surface area contributed by atoms with E-state index >= 15 is 0 Å². The molecule has 0 spiro atoms. The second-order valence-electron chi connectivity index (χ2n) is 7.88. The van der Waals surface area contributed by atoms with Crippen LogP contribution in [-0.2, 0) is 23.3 Å². The summed E-state index contributed by atoms with van der Waals surface area (Å²) in [5.41, 5.74) is 2.90. The smallest absolute Gasteiger partial charge is 0.288 e. The molecule has 0 aliphatic heterocycles. The minimum absolute atomic E-state index is 0.00178. The van der Waals surface area contributed by atoms with Crippen molar-refractivity contribution in [2.24, 2.45) is 0 Å². The first kappa shape index (κ1) is 21.2. The lowest BCUT2D eigenvalue weighted by Gasteiger charge is -2.29. The third-order valence-electron chi connectivity index (χ3n) is 4.64. The first-order chi connectivity index (χ1) is 12.5. The number of carbonyl (C=O) groups is 1. The lowest BCUT2D eigenvalue weighted by molar-refractivity contribution is -0.176. The highest BCUT2D eigenvalue weighted by Gasteiger charge is 2.43. The van der Waals surface area contributed by atoms with Crippen molar-refractivity contribution in [3.8, 4) is 0 Å². The molecule has 0 aliphatic carbocycles. The summed E-state index contributed by atoms with van der Waals surface area (Å²) in [6.07, 6.45) is -4.84. The normalized spacial score (nSPS) is 13.6. The Balaban J connectivity index is 2.25. The van der Waals surface area contributed by atoms with Crippen LogP contribution in [0.25, 0.3) is 0 Å². The highest BCUT2D eigenvalue weighted by atomic mass is 19.4. The lowest BCUT2D eigenvalue weighted by atomic mass is 9.86. The number of halogens is 3. The Morgan fingerprint density at radius 2 is 1.37 bits per heavy atom. The lowest BCUT2D eigenvalue weighted by Crippen LogP contribution is -2.44. The van der Waals surface area contributed by atoms with Gasteiger partial charge in [-0.05, 0) is 29.0 Å². The number of hydrogen-bond acceptors (Lipinski definition) is 2. The van der Waals surface area contributed by atoms with Crippen molar-refractivity contribution >= 4 is 5.78 Å². The molecule has 0 heterocycles. The van der Waals surface area contributed by atoms with E-state index < -0.39 is 18.0 Å². The minimum atomic E-state index is -4.84. The molecule has 27 heavy (non-hydrogen) atoms. The molecule has 0 aliphatic rings. The second kappa shape index (κ2) is 8.26. The van der Waals surface area contributed by atoms with E-state index in [0.29, 0.717) is 0 Å². The molecule has 2 nitrogen and oxygen atoms in total. The van der Waals surface area contributed by atoms with E-state index in [1.807, 2.05) is 54.6 Å². The van der Waals surface area contributed by atoms with E-state index in [4.69, 9.17) is 0 Å². The molecule has 0 saturated carbocycles. The van der Waals surface area contributed by atoms with Crippen molar-refractivity contribution in [2.75, 3.05) is 0 Å². The van der Waals surface area contributed by atoms with Crippen molar-refractivity contribution in [1.82, 2.24) is 4.90 Å². The average molecular weight is 377 g/mol. The Labute approximate surface area is 159 Å². The van der Waals surface area contributed by atoms with Crippen LogP contribution in [0.2, 0.25) is 0 Å². The minimum Gasteiger partial charge on any atom is -0.288 e. The van der Waals surface area contributed by atoms with Crippen LogP contribution in [0.4, 0.5) is 13.2 Å². The van der Waals surface area contributed by atoms with Gasteiger partial charge in [0.05, 0.1) is 6.04 Å². The molecule has 0 radical (unpaired) electrons. The molecular formula is C22H26F3NO. The van der Waals surface area contributed by atoms with Crippen molar-refractivity contribution in [3.05, 3.63) is 71.3 Å². The van der Waals surface area contributed by atoms with Crippen LogP contribution in [-0.4, -0.2) is 22.9 Å². The van der Waals surface area contributed by atoms with Crippen LogP contribution in [0.15, 0.2) is 54.6 Å². The molecule has 0 N–H and O–H groups in total. The molecule has 0 saturated heterocycles. The molecule has 2 aromatic rings. The maximum atomic E-state index is 12.9. The van der Waals surface area contributed by atoms with Crippen molar-refractivity contribution in [1.29, 1.82) is 0 Å². The zero-order valence-electron chi connectivity index (χ0n) is 16.2. The van der Waals surface area contributed by atoms with Crippen LogP contribution < -0.4 is 0 Å². The number of alkyl halides is 3. The summed E-state index contributed by atoms with van der Waals surface area (Å²) in [5.74, 6) is -1.72. The zero-order valence-corrected chi connectivity index (χ0v) is 16.2. The fourth-order valence-corrected chi connectivity index (χ4v) is 2.90. The molecule has 1 atom stereocenters. The first-order valence-electron chi connectivity index (χ1n) is 8.97. The van der Waals surface area contributed by atoms with Gasteiger partial charge in [-0.25, -0.2) is 0 Å². The van der Waals surface area contributed by atoms with Gasteiger partial charge in [0.25, 0.3) is 5.78 Å². The summed E-state index contributed by atoms with van der Waals surface area (Å²) >= 11 is 0. The Hall–Kier alpha value is -2.14. The molecule has 0 unspecified atom stereocenters. The highest BCUT2D eigenvalue weighted by molar-refractivity contribution is 5.88. The fourth-order valence-electron chi connectivity index (χ4n) is 2.90. The van der Waals surface area contributed by atoms with E-state index in [1.54, 1.807) is 4.90 Å². The van der Waals surface area contributed by atoms with Gasteiger partial charge in [-0.15, -0.1) is 0 Å². The number of nitrogens with zero attached hydrogens (tertiary/aromatic N) is 1. The van der Waals surface area contributed by atoms with Gasteiger partial charge in [-0.1, -0.05) is 75.4 Å². The largest absolute Gasteiger partial charge is 0.451 e. The summed E-state index contributed by atoms with van der Waals surface area (Å²) in [6, 6.07) is 15.8. The molecule has 0 amide bonds. The Bertz CT molecular complexity index is 746. The molecule has 0 bridgehead atoms. The Morgan fingerprint density at radius 3 is 1.81 bits per heavy atom. The van der Waals surface area contributed by atoms with Gasteiger partial charge in [0.1, 0.15) is 0 Å². The molecule has 2 aromatic carbocycles. The summed E-state index contributed by atoms with van der Waals surface area (Å²) in [5, 5.41) is 0. The fraction of sp³-hybridized carbons (Fsp3) is 0.409. The standard InChI is InChI=1S/C22H26F3NO/c1-16(20(27)22(23,24)25)26(14-17-8-6-5-7-9-17)15-18-10-12-19(13-11-18)21(2,3)4/h5-13,16H,14-15H2,1-4H3/t16-/m1/s1. The van der Waals surface area contributed by atoms with Crippen molar-refractivity contribution < 1.29 is 18.0 Å². The third kappa shape index (κ3) is 5.93. The van der Waals surface area contributed by atoms with Crippen LogP contribution in [0.1, 0.15) is 44.4 Å². The van der Waals surface area contributed by atoms with Gasteiger partial charge in [0.15, 0.2) is 0 Å². The molecule has 0 aromatic heterocycles. The summed E-state index contributed by atoms with van der Waals surface area (Å²) in [6.45, 7) is 8.17. The van der Waals surface area contributed by atoms with Gasteiger partial charge >= 0.3 is 6.18 Å². The van der Waals surface area contributed by atoms with Crippen LogP contribution in [0.3, 0.4) is 0 Å². The Morgan fingerprint density at radius 1 is 0.889 bits per heavy atom. The van der Waals surface area contributed by atoms with Gasteiger partial charge in [0, 0.05) is 13.1 Å². The quantitative estimate of drug-likeness (QED) is 0.662. The maximum Gasteiger partial charge on any atom is 0.451 e. The number of carbonyl (C=O) groups excluding carboxylic acids is 1. The van der Waals surface area contributed by atoms with E-state index in [-0.39, 0.29) is 18.5 Å². The van der Waals surface area contributed by atoms with E-state index in [1.165, 1.54) is 6.92 Å². The number of rotatable bonds is 6. The van der Waals surface area contributed by atoms with Gasteiger partial charge < -0.3 is 0 Å². The van der Waals surface area contributed by atoms with Crippen LogP contribution in [0, 0.1) is 0 Å². The topological polar surface area (TPSA) is 20.3 Å². The monoisotopic (exact) mass is 377 g/mol. The summed E-state index contributed by atoms with van der Waals surface area (Å²) in [7, 11) is 0. The van der Waals surface area contributed by atoms with Crippen LogP contribution >= 0.6 is 0 Å². The molecule has 0 fully saturated rings. The van der Waals surface area contributed by atoms with Crippen molar-refractivity contribution in [3.63, 3.8) is 0 Å². The molecule has 2 rings (SSSR count). The molecule has 146 valence electrons. The van der Waals surface area contributed by atoms with E-state index in [9.17, 15) is 18.0 Å². The maximum absolute atomic E-state index is 12.9. The Kier molecular flexibility index (Phi) is 6.47. The zero-order chi connectivity index (χ0) is 20.2. The summed E-state index contributed by atoms with van der Waals surface area (Å²) in [4.78, 5) is 13.4. The number of Topliss-reactive ketones (excluding diaryl/α,β-unsaturated/α-hetero) is 1. The number of hydrogen-bond donors (Lipinski definition) is 0. The predicted molar refractivity (Wildman–Crippen MR) is 101 cm³/mol. The van der Waals surface area contributed by atoms with E-state index in [0.717, 1.165) is 16.7 Å². The van der Waals surface area contributed by atoms with Gasteiger partial charge in [-0.2, -0.15) is 13.2 Å². The molecular weight excluding hydrogens is 351 g/mol. The van der Waals surface area contributed by atoms with E-state index in [2.05, 4.69) is 20.8 Å². The van der Waals surface area contributed by atoms with Gasteiger partial charge in [0.2, 0.25) is 0 Å². The average Bonchev–Trinajstić information content (AvgIpc) is 2.59. The SMILES string of the molecule is C[C@H](C(=O)C(F)(F)F)N(Cc1ccccc1)Cc1ccc(C(C)(C)C)cc1. The first-order valence-corrected chi connectivity index (χ1v) is 8.97. The van der Waals surface area contributed by atoms with Crippen molar-refractivity contribution in [2.45, 2.75) is 58.4 Å². The second-order valence-corrected chi connectivity index (χ2v) is 7.88. The predicted octanol–water partition coefficient (Wildman–Crippen LogP) is 5.51. The number of ketones is 1. The van der Waals surface area contributed by atoms with Crippen LogP contribution in [0.5, 0.6) is 0 Å². The molecule has 5 heteroatoms. The highest BCUT2D eigenvalue weighted by Crippen LogP contribution is 2.25. The summed E-state index contributed by atoms with van der Waals surface area (Å²) < 4.78 is 38.8.